The summed E-state index contributed by atoms with van der Waals surface area (Å²) in [5.41, 5.74) is 1.29. The van der Waals surface area contributed by atoms with E-state index in [0.29, 0.717) is 36.4 Å². The van der Waals surface area contributed by atoms with Crippen LogP contribution in [0.15, 0.2) is 48.7 Å². The van der Waals surface area contributed by atoms with Gasteiger partial charge >= 0.3 is 0 Å². The first-order valence-corrected chi connectivity index (χ1v) is 7.07. The van der Waals surface area contributed by atoms with Crippen LogP contribution in [-0.2, 0) is 4.79 Å². The largest absolute Gasteiger partial charge is 0.481 e. The second-order valence-electron chi connectivity index (χ2n) is 4.78. The van der Waals surface area contributed by atoms with Gasteiger partial charge in [0.25, 0.3) is 0 Å². The van der Waals surface area contributed by atoms with Gasteiger partial charge in [-0.25, -0.2) is 4.98 Å². The number of ketones is 1. The number of Topliss-reactive ketones (excluding diaryl/α,β-unsaturated/α-hetero) is 1. The number of pyridine rings is 1. The van der Waals surface area contributed by atoms with Crippen molar-refractivity contribution in [2.24, 2.45) is 0 Å². The number of nitrogens with one attached hydrogen (secondary N) is 1. The van der Waals surface area contributed by atoms with Crippen molar-refractivity contribution in [2.75, 3.05) is 12.4 Å². The van der Waals surface area contributed by atoms with Crippen LogP contribution >= 0.6 is 0 Å². The Kier molecular flexibility index (Phi) is 5.65. The van der Waals surface area contributed by atoms with E-state index in [1.165, 1.54) is 13.3 Å². The summed E-state index contributed by atoms with van der Waals surface area (Å²) < 4.78 is 4.95. The number of carbonyl (C=O) groups excluding carboxylic acids is 2. The summed E-state index contributed by atoms with van der Waals surface area (Å²) in [5.74, 6) is 0.416. The van der Waals surface area contributed by atoms with E-state index in [4.69, 9.17) is 4.74 Å². The van der Waals surface area contributed by atoms with Gasteiger partial charge in [0.05, 0.1) is 19.0 Å². The first kappa shape index (κ1) is 15.7. The third-order valence-electron chi connectivity index (χ3n) is 3.13. The van der Waals surface area contributed by atoms with Crippen LogP contribution in [0.5, 0.6) is 5.88 Å². The Labute approximate surface area is 129 Å². The summed E-state index contributed by atoms with van der Waals surface area (Å²) in [5, 5.41) is 2.74. The molecule has 0 aliphatic rings. The number of nitrogens with zero attached hydrogens (tertiary/aromatic N) is 1. The zero-order chi connectivity index (χ0) is 15.8. The average Bonchev–Trinajstić information content (AvgIpc) is 2.56. The SMILES string of the molecule is COc1ccc(NC(=O)CCCC(=O)c2ccccc2)cn1. The highest BCUT2D eigenvalue weighted by molar-refractivity contribution is 5.96. The minimum atomic E-state index is -0.132. The summed E-state index contributed by atoms with van der Waals surface area (Å²) >= 11 is 0. The van der Waals surface area contributed by atoms with Crippen molar-refractivity contribution in [3.05, 3.63) is 54.2 Å². The number of ether oxygens (including phenoxy) is 1. The maximum atomic E-state index is 11.9. The highest BCUT2D eigenvalue weighted by Crippen LogP contribution is 2.12. The second-order valence-corrected chi connectivity index (χ2v) is 4.78. The molecule has 0 bridgehead atoms. The molecule has 1 N–H and O–H groups in total. The molecular formula is C17H18N2O3. The molecule has 0 radical (unpaired) electrons. The molecule has 0 spiro atoms. The van der Waals surface area contributed by atoms with Gasteiger partial charge < -0.3 is 10.1 Å². The molecule has 0 aliphatic heterocycles. The monoisotopic (exact) mass is 298 g/mol. The van der Waals surface area contributed by atoms with Crippen molar-refractivity contribution >= 4 is 17.4 Å². The van der Waals surface area contributed by atoms with Crippen molar-refractivity contribution < 1.29 is 14.3 Å². The van der Waals surface area contributed by atoms with Gasteiger partial charge in [0, 0.05) is 24.5 Å². The molecule has 0 unspecified atom stereocenters. The zero-order valence-electron chi connectivity index (χ0n) is 12.4. The van der Waals surface area contributed by atoms with Crippen LogP contribution in [0.4, 0.5) is 5.69 Å². The van der Waals surface area contributed by atoms with Crippen molar-refractivity contribution in [1.29, 1.82) is 0 Å². The lowest BCUT2D eigenvalue weighted by atomic mass is 10.1. The van der Waals surface area contributed by atoms with Crippen LogP contribution in [0.2, 0.25) is 0 Å². The normalized spacial score (nSPS) is 10.0. The van der Waals surface area contributed by atoms with Crippen LogP contribution in [-0.4, -0.2) is 23.8 Å². The Bertz CT molecular complexity index is 624. The Morgan fingerprint density at radius 3 is 2.50 bits per heavy atom. The molecule has 5 heteroatoms. The quantitative estimate of drug-likeness (QED) is 0.798. The molecule has 5 nitrogen and oxygen atoms in total. The molecule has 0 aliphatic carbocycles. The van der Waals surface area contributed by atoms with Crippen LogP contribution in [0.3, 0.4) is 0 Å². The molecule has 0 saturated carbocycles. The summed E-state index contributed by atoms with van der Waals surface area (Å²) in [6, 6.07) is 12.5. The predicted molar refractivity (Wildman–Crippen MR) is 84.0 cm³/mol. The first-order valence-electron chi connectivity index (χ1n) is 7.07. The minimum Gasteiger partial charge on any atom is -0.481 e. The van der Waals surface area contributed by atoms with Crippen LogP contribution in [0.1, 0.15) is 29.6 Å². The number of carbonyl (C=O) groups is 2. The molecule has 2 rings (SSSR count). The summed E-state index contributed by atoms with van der Waals surface area (Å²) in [7, 11) is 1.53. The lowest BCUT2D eigenvalue weighted by Gasteiger charge is -2.05. The van der Waals surface area contributed by atoms with Crippen LogP contribution < -0.4 is 10.1 Å². The number of amides is 1. The lowest BCUT2D eigenvalue weighted by Crippen LogP contribution is -2.12. The molecule has 1 heterocycles. The second kappa shape index (κ2) is 7.93. The predicted octanol–water partition coefficient (Wildman–Crippen LogP) is 3.08. The topological polar surface area (TPSA) is 68.3 Å². The van der Waals surface area contributed by atoms with Gasteiger partial charge in [0.2, 0.25) is 11.8 Å². The fourth-order valence-corrected chi connectivity index (χ4v) is 1.98. The number of rotatable bonds is 7. The van der Waals surface area contributed by atoms with Gasteiger partial charge in [-0.05, 0) is 12.5 Å². The molecule has 0 fully saturated rings. The summed E-state index contributed by atoms with van der Waals surface area (Å²) in [6.07, 6.45) is 2.71. The Morgan fingerprint density at radius 1 is 1.09 bits per heavy atom. The maximum Gasteiger partial charge on any atom is 0.224 e. The van der Waals surface area contributed by atoms with Crippen molar-refractivity contribution in [2.45, 2.75) is 19.3 Å². The van der Waals surface area contributed by atoms with E-state index in [-0.39, 0.29) is 11.7 Å². The molecule has 22 heavy (non-hydrogen) atoms. The highest BCUT2D eigenvalue weighted by atomic mass is 16.5. The van der Waals surface area contributed by atoms with Gasteiger partial charge in [-0.15, -0.1) is 0 Å². The van der Waals surface area contributed by atoms with Gasteiger partial charge in [-0.3, -0.25) is 9.59 Å². The molecule has 1 aromatic carbocycles. The number of hydrogen-bond acceptors (Lipinski definition) is 4. The molecule has 2 aromatic rings. The van der Waals surface area contributed by atoms with Gasteiger partial charge in [-0.1, -0.05) is 30.3 Å². The number of hydrogen-bond donors (Lipinski definition) is 1. The van der Waals surface area contributed by atoms with E-state index in [1.807, 2.05) is 18.2 Å². The van der Waals surface area contributed by atoms with E-state index in [9.17, 15) is 9.59 Å². The van der Waals surface area contributed by atoms with Crippen LogP contribution in [0.25, 0.3) is 0 Å². The van der Waals surface area contributed by atoms with Gasteiger partial charge in [0.15, 0.2) is 5.78 Å². The summed E-state index contributed by atoms with van der Waals surface area (Å²) in [6.45, 7) is 0. The number of anilines is 1. The number of benzene rings is 1. The Hall–Kier alpha value is -2.69. The Morgan fingerprint density at radius 2 is 1.86 bits per heavy atom. The minimum absolute atomic E-state index is 0.0551. The Balaban J connectivity index is 1.74. The van der Waals surface area contributed by atoms with Gasteiger partial charge in [0.1, 0.15) is 0 Å². The van der Waals surface area contributed by atoms with E-state index >= 15 is 0 Å². The third-order valence-corrected chi connectivity index (χ3v) is 3.13. The van der Waals surface area contributed by atoms with E-state index in [1.54, 1.807) is 24.3 Å². The van der Waals surface area contributed by atoms with Crippen molar-refractivity contribution in [3.8, 4) is 5.88 Å². The maximum absolute atomic E-state index is 11.9. The number of methoxy groups -OCH3 is 1. The molecule has 114 valence electrons. The molecule has 0 saturated heterocycles. The number of aromatic nitrogens is 1. The van der Waals surface area contributed by atoms with Crippen LogP contribution in [0, 0.1) is 0 Å². The smallest absolute Gasteiger partial charge is 0.224 e. The zero-order valence-corrected chi connectivity index (χ0v) is 12.4. The standard InChI is InChI=1S/C17H18N2O3/c1-22-17-11-10-14(12-18-17)19-16(21)9-5-8-15(20)13-6-3-2-4-7-13/h2-4,6-7,10-12H,5,8-9H2,1H3,(H,19,21). The fourth-order valence-electron chi connectivity index (χ4n) is 1.98. The highest BCUT2D eigenvalue weighted by Gasteiger charge is 2.08. The fraction of sp³-hybridized carbons (Fsp3) is 0.235. The third kappa shape index (κ3) is 4.70. The van der Waals surface area contributed by atoms with Gasteiger partial charge in [-0.2, -0.15) is 0 Å². The molecule has 0 atom stereocenters. The van der Waals surface area contributed by atoms with E-state index in [2.05, 4.69) is 10.3 Å². The lowest BCUT2D eigenvalue weighted by molar-refractivity contribution is -0.116. The molecular weight excluding hydrogens is 280 g/mol. The molecule has 1 aromatic heterocycles. The van der Waals surface area contributed by atoms with Crippen molar-refractivity contribution in [1.82, 2.24) is 4.98 Å². The molecule has 1 amide bonds. The van der Waals surface area contributed by atoms with Crippen molar-refractivity contribution in [3.63, 3.8) is 0 Å². The first-order chi connectivity index (χ1) is 10.7. The van der Waals surface area contributed by atoms with E-state index in [0.717, 1.165) is 0 Å². The van der Waals surface area contributed by atoms with E-state index < -0.39 is 0 Å². The average molecular weight is 298 g/mol. The summed E-state index contributed by atoms with van der Waals surface area (Å²) in [4.78, 5) is 27.7.